The van der Waals surface area contributed by atoms with Crippen molar-refractivity contribution < 1.29 is 4.84 Å². The van der Waals surface area contributed by atoms with E-state index in [1.54, 1.807) is 0 Å². The average Bonchev–Trinajstić information content (AvgIpc) is 2.23. The van der Waals surface area contributed by atoms with Crippen molar-refractivity contribution in [1.29, 1.82) is 0 Å². The molecule has 0 aliphatic heterocycles. The lowest BCUT2D eigenvalue weighted by Crippen LogP contribution is -2.01. The predicted molar refractivity (Wildman–Crippen MR) is 67.6 cm³/mol. The van der Waals surface area contributed by atoms with Gasteiger partial charge in [0, 0.05) is 5.56 Å². The van der Waals surface area contributed by atoms with Gasteiger partial charge in [0.2, 0.25) is 0 Å². The summed E-state index contributed by atoms with van der Waals surface area (Å²) in [6.45, 7) is 8.40. The Labute approximate surface area is 97.3 Å². The highest BCUT2D eigenvalue weighted by Crippen LogP contribution is 2.16. The minimum atomic E-state index is 0.210. The lowest BCUT2D eigenvalue weighted by Gasteiger charge is -2.09. The summed E-state index contributed by atoms with van der Waals surface area (Å²) in [5.74, 6) is 2.38. The Morgan fingerprint density at radius 3 is 2.50 bits per heavy atom. The molecule has 0 radical (unpaired) electrons. The Bertz CT molecular complexity index is 453. The minimum Gasteiger partial charge on any atom is -0.382 e. The maximum atomic E-state index is 5.08. The van der Waals surface area contributed by atoms with Crippen molar-refractivity contribution in [2.75, 3.05) is 6.61 Å². The SMILES string of the molecule is C#CCO/N=C(\C)c1cc(C)c(C)cc1C. The summed E-state index contributed by atoms with van der Waals surface area (Å²) in [6.07, 6.45) is 5.08. The molecule has 0 fully saturated rings. The van der Waals surface area contributed by atoms with E-state index >= 15 is 0 Å². The maximum Gasteiger partial charge on any atom is 0.177 e. The second-order valence-corrected chi connectivity index (χ2v) is 3.91. The van der Waals surface area contributed by atoms with Crippen LogP contribution in [0.3, 0.4) is 0 Å². The standard InChI is InChI=1S/C14H17NO/c1-6-7-16-15-13(5)14-9-11(3)10(2)8-12(14)4/h1,8-9H,7H2,2-5H3/b15-13+. The molecule has 0 saturated carbocycles. The van der Waals surface area contributed by atoms with Crippen molar-refractivity contribution in [2.45, 2.75) is 27.7 Å². The van der Waals surface area contributed by atoms with E-state index in [1.807, 2.05) is 6.92 Å². The van der Waals surface area contributed by atoms with Gasteiger partial charge < -0.3 is 4.84 Å². The van der Waals surface area contributed by atoms with E-state index in [0.29, 0.717) is 0 Å². The molecule has 0 bridgehead atoms. The number of rotatable bonds is 3. The highest BCUT2D eigenvalue weighted by Gasteiger charge is 2.05. The monoisotopic (exact) mass is 215 g/mol. The fourth-order valence-corrected chi connectivity index (χ4v) is 1.57. The van der Waals surface area contributed by atoms with E-state index in [4.69, 9.17) is 11.3 Å². The van der Waals surface area contributed by atoms with Crippen molar-refractivity contribution in [1.82, 2.24) is 0 Å². The van der Waals surface area contributed by atoms with Crippen molar-refractivity contribution in [3.63, 3.8) is 0 Å². The lowest BCUT2D eigenvalue weighted by atomic mass is 9.98. The van der Waals surface area contributed by atoms with Crippen LogP contribution < -0.4 is 0 Å². The normalized spacial score (nSPS) is 11.1. The molecule has 0 N–H and O–H groups in total. The first kappa shape index (κ1) is 12.3. The Morgan fingerprint density at radius 2 is 1.88 bits per heavy atom. The zero-order valence-electron chi connectivity index (χ0n) is 10.3. The van der Waals surface area contributed by atoms with Crippen molar-refractivity contribution in [3.8, 4) is 12.3 Å². The lowest BCUT2D eigenvalue weighted by molar-refractivity contribution is 0.180. The third-order valence-corrected chi connectivity index (χ3v) is 2.58. The molecule has 0 atom stereocenters. The first-order chi connectivity index (χ1) is 7.56. The van der Waals surface area contributed by atoms with Gasteiger partial charge in [0.05, 0.1) is 5.71 Å². The van der Waals surface area contributed by atoms with Gasteiger partial charge in [-0.25, -0.2) is 0 Å². The van der Waals surface area contributed by atoms with Crippen LogP contribution >= 0.6 is 0 Å². The number of oxime groups is 1. The van der Waals surface area contributed by atoms with Gasteiger partial charge in [-0.05, 0) is 50.5 Å². The molecular weight excluding hydrogens is 198 g/mol. The van der Waals surface area contributed by atoms with Crippen LogP contribution in [0.25, 0.3) is 0 Å². The molecule has 1 aromatic rings. The van der Waals surface area contributed by atoms with Gasteiger partial charge in [-0.15, -0.1) is 6.42 Å². The molecule has 1 rings (SSSR count). The fraction of sp³-hybridized carbons (Fsp3) is 0.357. The molecule has 1 aromatic carbocycles. The number of terminal acetylenes is 1. The molecule has 16 heavy (non-hydrogen) atoms. The Morgan fingerprint density at radius 1 is 1.25 bits per heavy atom. The molecule has 2 heteroatoms. The third-order valence-electron chi connectivity index (χ3n) is 2.58. The van der Waals surface area contributed by atoms with Crippen LogP contribution in [0, 0.1) is 33.1 Å². The molecule has 0 unspecified atom stereocenters. The van der Waals surface area contributed by atoms with E-state index in [9.17, 15) is 0 Å². The second-order valence-electron chi connectivity index (χ2n) is 3.91. The third kappa shape index (κ3) is 2.87. The highest BCUT2D eigenvalue weighted by atomic mass is 16.6. The first-order valence-electron chi connectivity index (χ1n) is 5.24. The van der Waals surface area contributed by atoms with Crippen LogP contribution in [0.5, 0.6) is 0 Å². The van der Waals surface area contributed by atoms with Crippen molar-refractivity contribution in [3.05, 3.63) is 34.4 Å². The van der Waals surface area contributed by atoms with Crippen LogP contribution in [0.1, 0.15) is 29.2 Å². The molecule has 0 aromatic heterocycles. The van der Waals surface area contributed by atoms with Gasteiger partial charge in [-0.1, -0.05) is 17.1 Å². The molecule has 0 aliphatic carbocycles. The zero-order valence-corrected chi connectivity index (χ0v) is 10.3. The van der Waals surface area contributed by atoms with Crippen LogP contribution in [-0.4, -0.2) is 12.3 Å². The first-order valence-corrected chi connectivity index (χ1v) is 5.24. The van der Waals surface area contributed by atoms with Gasteiger partial charge >= 0.3 is 0 Å². The van der Waals surface area contributed by atoms with E-state index in [2.05, 4.69) is 44.0 Å². The molecule has 84 valence electrons. The molecule has 0 spiro atoms. The Kier molecular flexibility index (Phi) is 4.13. The largest absolute Gasteiger partial charge is 0.382 e. The summed E-state index contributed by atoms with van der Waals surface area (Å²) in [7, 11) is 0. The fourth-order valence-electron chi connectivity index (χ4n) is 1.57. The molecule has 0 aliphatic rings. The smallest absolute Gasteiger partial charge is 0.177 e. The highest BCUT2D eigenvalue weighted by molar-refractivity contribution is 5.99. The van der Waals surface area contributed by atoms with Crippen LogP contribution in [-0.2, 0) is 4.84 Å². The van der Waals surface area contributed by atoms with Gasteiger partial charge in [-0.3, -0.25) is 0 Å². The van der Waals surface area contributed by atoms with E-state index in [0.717, 1.165) is 11.3 Å². The zero-order chi connectivity index (χ0) is 12.1. The number of aryl methyl sites for hydroxylation is 3. The Hall–Kier alpha value is -1.75. The number of hydrogen-bond acceptors (Lipinski definition) is 2. The Balaban J connectivity index is 3.00. The van der Waals surface area contributed by atoms with Crippen LogP contribution in [0.2, 0.25) is 0 Å². The van der Waals surface area contributed by atoms with E-state index in [-0.39, 0.29) is 6.61 Å². The van der Waals surface area contributed by atoms with Crippen molar-refractivity contribution >= 4 is 5.71 Å². The molecular formula is C14H17NO. The second kappa shape index (κ2) is 5.37. The molecule has 2 nitrogen and oxygen atoms in total. The summed E-state index contributed by atoms with van der Waals surface area (Å²) >= 11 is 0. The van der Waals surface area contributed by atoms with Crippen LogP contribution in [0.4, 0.5) is 0 Å². The number of benzene rings is 1. The molecule has 0 saturated heterocycles. The van der Waals surface area contributed by atoms with Gasteiger partial charge in [-0.2, -0.15) is 0 Å². The van der Waals surface area contributed by atoms with Crippen molar-refractivity contribution in [2.24, 2.45) is 5.16 Å². The predicted octanol–water partition coefficient (Wildman–Crippen LogP) is 2.99. The summed E-state index contributed by atoms with van der Waals surface area (Å²) in [4.78, 5) is 4.98. The van der Waals surface area contributed by atoms with Gasteiger partial charge in [0.25, 0.3) is 0 Å². The molecule has 0 amide bonds. The quantitative estimate of drug-likeness (QED) is 0.329. The molecule has 0 heterocycles. The van der Waals surface area contributed by atoms with Crippen LogP contribution in [0.15, 0.2) is 17.3 Å². The number of nitrogens with zero attached hydrogens (tertiary/aromatic N) is 1. The average molecular weight is 215 g/mol. The maximum absolute atomic E-state index is 5.08. The van der Waals surface area contributed by atoms with E-state index < -0.39 is 0 Å². The minimum absolute atomic E-state index is 0.210. The van der Waals surface area contributed by atoms with E-state index in [1.165, 1.54) is 16.7 Å². The summed E-state index contributed by atoms with van der Waals surface area (Å²) in [5, 5.41) is 3.99. The summed E-state index contributed by atoms with van der Waals surface area (Å²) < 4.78 is 0. The number of hydrogen-bond donors (Lipinski definition) is 0. The summed E-state index contributed by atoms with van der Waals surface area (Å²) in [5.41, 5.74) is 5.72. The van der Waals surface area contributed by atoms with Gasteiger partial charge in [0.15, 0.2) is 6.61 Å². The van der Waals surface area contributed by atoms with Gasteiger partial charge in [0.1, 0.15) is 0 Å². The summed E-state index contributed by atoms with van der Waals surface area (Å²) in [6, 6.07) is 4.29. The topological polar surface area (TPSA) is 21.6 Å².